The highest BCUT2D eigenvalue weighted by molar-refractivity contribution is 5.72. The van der Waals surface area contributed by atoms with Gasteiger partial charge in [-0.05, 0) is 37.0 Å². The molecule has 1 heterocycles. The van der Waals surface area contributed by atoms with Crippen molar-refractivity contribution in [2.45, 2.75) is 44.7 Å². The fourth-order valence-electron chi connectivity index (χ4n) is 3.87. The molecule has 0 amide bonds. The van der Waals surface area contributed by atoms with Crippen molar-refractivity contribution in [3.8, 4) is 0 Å². The first kappa shape index (κ1) is 28.3. The zero-order valence-electron chi connectivity index (χ0n) is 21.2. The smallest absolute Gasteiger partial charge is 0.311 e. The standard InChI is InChI=1S/C28H32N4O6/c1-2-37-27(34)19-24(21-12-7-4-8-13-21)31-28-25(32(35)36)16-15-22(30-28)14-9-17-38-26(33)18-23(29)20-10-5-3-6-11-20/h3-8,10-13,15-16,23-24H,2,9,14,17-19,29H2,1H3,(H,30,31)/t23-,24-/m1/s1. The minimum absolute atomic E-state index is 0.0258. The van der Waals surface area contributed by atoms with E-state index in [1.165, 1.54) is 6.07 Å². The van der Waals surface area contributed by atoms with Crippen LogP contribution in [-0.4, -0.2) is 35.1 Å². The minimum Gasteiger partial charge on any atom is -0.466 e. The second-order valence-electron chi connectivity index (χ2n) is 8.59. The van der Waals surface area contributed by atoms with Crippen LogP contribution in [0.4, 0.5) is 11.5 Å². The molecule has 0 aliphatic rings. The zero-order valence-corrected chi connectivity index (χ0v) is 21.2. The highest BCUT2D eigenvalue weighted by atomic mass is 16.6. The number of carbonyl (C=O) groups excluding carboxylic acids is 2. The van der Waals surface area contributed by atoms with Gasteiger partial charge in [-0.3, -0.25) is 19.7 Å². The third kappa shape index (κ3) is 8.67. The number of rotatable bonds is 14. The average molecular weight is 521 g/mol. The number of pyridine rings is 1. The van der Waals surface area contributed by atoms with Gasteiger partial charge in [-0.25, -0.2) is 4.98 Å². The largest absolute Gasteiger partial charge is 0.466 e. The number of ether oxygens (including phenoxy) is 2. The molecule has 3 aromatic rings. The molecule has 0 saturated heterocycles. The highest BCUT2D eigenvalue weighted by Gasteiger charge is 2.23. The Kier molecular flexibility index (Phi) is 10.7. The fourth-order valence-corrected chi connectivity index (χ4v) is 3.87. The Balaban J connectivity index is 1.62. The first-order valence-electron chi connectivity index (χ1n) is 12.4. The Morgan fingerprint density at radius 2 is 1.58 bits per heavy atom. The van der Waals surface area contributed by atoms with Gasteiger partial charge in [0.2, 0.25) is 5.82 Å². The number of aryl methyl sites for hydroxylation is 1. The van der Waals surface area contributed by atoms with Crippen LogP contribution in [0.5, 0.6) is 0 Å². The summed E-state index contributed by atoms with van der Waals surface area (Å²) in [5, 5.41) is 14.7. The molecule has 0 spiro atoms. The predicted octanol–water partition coefficient (Wildman–Crippen LogP) is 4.66. The van der Waals surface area contributed by atoms with Gasteiger partial charge >= 0.3 is 17.6 Å². The fraction of sp³-hybridized carbons (Fsp3) is 0.321. The monoisotopic (exact) mass is 520 g/mol. The first-order chi connectivity index (χ1) is 18.4. The molecule has 3 rings (SSSR count). The van der Waals surface area contributed by atoms with Crippen LogP contribution in [0.15, 0.2) is 72.8 Å². The zero-order chi connectivity index (χ0) is 27.3. The maximum atomic E-state index is 12.2. The van der Waals surface area contributed by atoms with Crippen LogP contribution < -0.4 is 11.1 Å². The van der Waals surface area contributed by atoms with E-state index in [4.69, 9.17) is 15.2 Å². The summed E-state index contributed by atoms with van der Waals surface area (Å²) in [5.74, 6) is -0.775. The molecule has 2 aromatic carbocycles. The van der Waals surface area contributed by atoms with Gasteiger partial charge in [-0.15, -0.1) is 0 Å². The summed E-state index contributed by atoms with van der Waals surface area (Å²) in [4.78, 5) is 40.0. The number of nitrogens with one attached hydrogen (secondary N) is 1. The van der Waals surface area contributed by atoms with Gasteiger partial charge < -0.3 is 20.5 Å². The van der Waals surface area contributed by atoms with Gasteiger partial charge in [0.15, 0.2) is 0 Å². The number of benzene rings is 2. The summed E-state index contributed by atoms with van der Waals surface area (Å²) < 4.78 is 10.4. The molecule has 0 radical (unpaired) electrons. The molecule has 10 heteroatoms. The van der Waals surface area contributed by atoms with Crippen LogP contribution in [0.3, 0.4) is 0 Å². The molecule has 38 heavy (non-hydrogen) atoms. The van der Waals surface area contributed by atoms with Crippen LogP contribution in [-0.2, 0) is 25.5 Å². The van der Waals surface area contributed by atoms with Gasteiger partial charge in [-0.2, -0.15) is 0 Å². The molecule has 0 aliphatic heterocycles. The molecule has 3 N–H and O–H groups in total. The van der Waals surface area contributed by atoms with E-state index >= 15 is 0 Å². The maximum Gasteiger partial charge on any atom is 0.311 e. The number of hydrogen-bond acceptors (Lipinski definition) is 9. The predicted molar refractivity (Wildman–Crippen MR) is 142 cm³/mol. The number of carbonyl (C=O) groups is 2. The van der Waals surface area contributed by atoms with Crippen molar-refractivity contribution in [1.82, 2.24) is 4.98 Å². The summed E-state index contributed by atoms with van der Waals surface area (Å²) in [6.45, 7) is 2.11. The van der Waals surface area contributed by atoms with E-state index in [0.29, 0.717) is 18.5 Å². The lowest BCUT2D eigenvalue weighted by molar-refractivity contribution is -0.384. The number of nitro groups is 1. The lowest BCUT2D eigenvalue weighted by Gasteiger charge is -2.19. The van der Waals surface area contributed by atoms with E-state index in [2.05, 4.69) is 10.3 Å². The second kappa shape index (κ2) is 14.4. The molecule has 0 aliphatic carbocycles. The first-order valence-corrected chi connectivity index (χ1v) is 12.4. The van der Waals surface area contributed by atoms with Crippen molar-refractivity contribution in [2.75, 3.05) is 18.5 Å². The molecule has 2 atom stereocenters. The van der Waals surface area contributed by atoms with Crippen molar-refractivity contribution < 1.29 is 24.0 Å². The van der Waals surface area contributed by atoms with Crippen molar-refractivity contribution in [1.29, 1.82) is 0 Å². The van der Waals surface area contributed by atoms with E-state index in [-0.39, 0.29) is 37.6 Å². The van der Waals surface area contributed by atoms with Crippen molar-refractivity contribution in [3.05, 3.63) is 99.7 Å². The average Bonchev–Trinajstić information content (AvgIpc) is 2.92. The van der Waals surface area contributed by atoms with Crippen LogP contribution in [0.25, 0.3) is 0 Å². The lowest BCUT2D eigenvalue weighted by atomic mass is 10.0. The van der Waals surface area contributed by atoms with Crippen molar-refractivity contribution in [2.24, 2.45) is 5.73 Å². The highest BCUT2D eigenvalue weighted by Crippen LogP contribution is 2.29. The lowest BCUT2D eigenvalue weighted by Crippen LogP contribution is -2.19. The Hall–Kier alpha value is -4.31. The molecule has 0 unspecified atom stereocenters. The molecule has 0 saturated carbocycles. The topological polar surface area (TPSA) is 147 Å². The van der Waals surface area contributed by atoms with Crippen molar-refractivity contribution in [3.63, 3.8) is 0 Å². The second-order valence-corrected chi connectivity index (χ2v) is 8.59. The van der Waals surface area contributed by atoms with Gasteiger partial charge in [0, 0.05) is 17.8 Å². The summed E-state index contributed by atoms with van der Waals surface area (Å²) >= 11 is 0. The number of esters is 2. The van der Waals surface area contributed by atoms with E-state index in [0.717, 1.165) is 11.1 Å². The Morgan fingerprint density at radius 1 is 0.947 bits per heavy atom. The Bertz CT molecular complexity index is 1210. The summed E-state index contributed by atoms with van der Waals surface area (Å²) in [7, 11) is 0. The minimum atomic E-state index is -0.577. The SMILES string of the molecule is CCOC(=O)C[C@@H](Nc1nc(CCCOC(=O)C[C@@H](N)c2ccccc2)ccc1[N+](=O)[O-])c1ccccc1. The normalized spacial score (nSPS) is 12.3. The number of nitrogens with two attached hydrogens (primary N) is 1. The van der Waals surface area contributed by atoms with E-state index in [9.17, 15) is 19.7 Å². The molecule has 10 nitrogen and oxygen atoms in total. The van der Waals surface area contributed by atoms with E-state index < -0.39 is 28.9 Å². The number of nitrogens with zero attached hydrogens (tertiary/aromatic N) is 2. The van der Waals surface area contributed by atoms with Gasteiger partial charge in [0.25, 0.3) is 0 Å². The molecule has 0 bridgehead atoms. The number of aromatic nitrogens is 1. The van der Waals surface area contributed by atoms with Crippen LogP contribution in [0.2, 0.25) is 0 Å². The van der Waals surface area contributed by atoms with Crippen LogP contribution in [0, 0.1) is 10.1 Å². The number of hydrogen-bond donors (Lipinski definition) is 2. The van der Waals surface area contributed by atoms with E-state index in [1.807, 2.05) is 60.7 Å². The molecular weight excluding hydrogens is 488 g/mol. The van der Waals surface area contributed by atoms with Gasteiger partial charge in [-0.1, -0.05) is 60.7 Å². The summed E-state index contributed by atoms with van der Waals surface area (Å²) in [6, 6.07) is 20.4. The van der Waals surface area contributed by atoms with Crippen LogP contribution >= 0.6 is 0 Å². The van der Waals surface area contributed by atoms with Gasteiger partial charge in [0.05, 0.1) is 37.0 Å². The van der Waals surface area contributed by atoms with Gasteiger partial charge in [0.1, 0.15) is 0 Å². The maximum absolute atomic E-state index is 12.2. The van der Waals surface area contributed by atoms with E-state index in [1.54, 1.807) is 13.0 Å². The molecular formula is C28H32N4O6. The summed E-state index contributed by atoms with van der Waals surface area (Å²) in [6.07, 6.45) is 0.942. The third-order valence-corrected chi connectivity index (χ3v) is 5.77. The van der Waals surface area contributed by atoms with Crippen LogP contribution in [0.1, 0.15) is 55.1 Å². The van der Waals surface area contributed by atoms with Crippen molar-refractivity contribution >= 4 is 23.4 Å². The quantitative estimate of drug-likeness (QED) is 0.134. The Morgan fingerprint density at radius 3 is 2.21 bits per heavy atom. The number of anilines is 1. The summed E-state index contributed by atoms with van der Waals surface area (Å²) in [5.41, 5.74) is 8.07. The third-order valence-electron chi connectivity index (χ3n) is 5.77. The molecule has 200 valence electrons. The Labute approximate surface area is 221 Å². The molecule has 1 aromatic heterocycles. The molecule has 0 fully saturated rings.